The van der Waals surface area contributed by atoms with Crippen LogP contribution in [0.1, 0.15) is 46.9 Å². The van der Waals surface area contributed by atoms with Crippen LogP contribution in [0.2, 0.25) is 0 Å². The monoisotopic (exact) mass is 368 g/mol. The molecule has 1 atom stereocenters. The van der Waals surface area contributed by atoms with Gasteiger partial charge in [-0.15, -0.1) is 11.3 Å². The smallest absolute Gasteiger partial charge is 0.254 e. The van der Waals surface area contributed by atoms with Gasteiger partial charge < -0.3 is 9.47 Å². The second-order valence-corrected chi connectivity index (χ2v) is 8.25. The number of aromatic nitrogens is 3. The Labute approximate surface area is 157 Å². The maximum Gasteiger partial charge on any atom is 0.254 e. The molecule has 1 saturated heterocycles. The number of thiazole rings is 1. The minimum Gasteiger partial charge on any atom is -0.336 e. The number of piperidine rings is 1. The number of aryl methyl sites for hydroxylation is 3. The van der Waals surface area contributed by atoms with Crippen LogP contribution in [0.3, 0.4) is 0 Å². The van der Waals surface area contributed by atoms with Crippen LogP contribution in [0.4, 0.5) is 0 Å². The average molecular weight is 369 g/mol. The number of fused-ring (bicyclic) bond motifs is 1. The number of imidazole rings is 1. The molecule has 1 aliphatic heterocycles. The van der Waals surface area contributed by atoms with Crippen molar-refractivity contribution in [3.05, 3.63) is 47.0 Å². The third-order valence-corrected chi connectivity index (χ3v) is 6.21. The van der Waals surface area contributed by atoms with Gasteiger partial charge in [0.25, 0.3) is 5.91 Å². The zero-order valence-electron chi connectivity index (χ0n) is 15.3. The van der Waals surface area contributed by atoms with Crippen molar-refractivity contribution in [3.63, 3.8) is 0 Å². The molecule has 0 radical (unpaired) electrons. The topological polar surface area (TPSA) is 51.0 Å². The number of hydrogen-bond donors (Lipinski definition) is 0. The van der Waals surface area contributed by atoms with E-state index in [4.69, 9.17) is 0 Å². The molecule has 6 heteroatoms. The molecule has 1 fully saturated rings. The first-order chi connectivity index (χ1) is 12.6. The summed E-state index contributed by atoms with van der Waals surface area (Å²) < 4.78 is 3.31. The van der Waals surface area contributed by atoms with E-state index in [0.29, 0.717) is 6.04 Å². The first-order valence-electron chi connectivity index (χ1n) is 9.28. The Morgan fingerprint density at radius 2 is 2.19 bits per heavy atom. The van der Waals surface area contributed by atoms with E-state index in [-0.39, 0.29) is 5.91 Å². The van der Waals surface area contributed by atoms with Crippen LogP contribution in [-0.2, 0) is 6.54 Å². The molecule has 0 unspecified atom stereocenters. The highest BCUT2D eigenvalue weighted by atomic mass is 32.1. The van der Waals surface area contributed by atoms with Crippen molar-refractivity contribution in [3.8, 4) is 0 Å². The number of carbonyl (C=O) groups is 1. The minimum absolute atomic E-state index is 0.143. The summed E-state index contributed by atoms with van der Waals surface area (Å²) in [5, 5.41) is 1.04. The van der Waals surface area contributed by atoms with E-state index in [2.05, 4.69) is 19.4 Å². The number of rotatable bonds is 4. The van der Waals surface area contributed by atoms with Crippen molar-refractivity contribution in [2.75, 3.05) is 6.54 Å². The first kappa shape index (κ1) is 17.2. The molecule has 0 aliphatic carbocycles. The summed E-state index contributed by atoms with van der Waals surface area (Å²) in [6.45, 7) is 5.78. The number of nitrogens with zero attached hydrogens (tertiary/aromatic N) is 4. The number of amides is 1. The van der Waals surface area contributed by atoms with Gasteiger partial charge in [0.2, 0.25) is 0 Å². The SMILES string of the molecule is Cc1nc2cc(C(=O)N3CCCC[C@@H]3CCn3ccnc3C)ccc2s1. The normalized spacial score (nSPS) is 17.8. The summed E-state index contributed by atoms with van der Waals surface area (Å²) in [7, 11) is 0. The van der Waals surface area contributed by atoms with E-state index in [1.165, 1.54) is 6.42 Å². The fourth-order valence-electron chi connectivity index (χ4n) is 3.84. The van der Waals surface area contributed by atoms with Gasteiger partial charge in [-0.3, -0.25) is 4.79 Å². The lowest BCUT2D eigenvalue weighted by atomic mass is 9.98. The van der Waals surface area contributed by atoms with Gasteiger partial charge in [-0.1, -0.05) is 0 Å². The van der Waals surface area contributed by atoms with Gasteiger partial charge in [0, 0.05) is 37.1 Å². The predicted octanol–water partition coefficient (Wildman–Crippen LogP) is 4.19. The maximum atomic E-state index is 13.2. The number of likely N-dealkylation sites (tertiary alicyclic amines) is 1. The second kappa shape index (κ2) is 7.19. The molecule has 3 heterocycles. The lowest BCUT2D eigenvalue weighted by Gasteiger charge is -2.36. The second-order valence-electron chi connectivity index (χ2n) is 7.02. The Hall–Kier alpha value is -2.21. The minimum atomic E-state index is 0.143. The van der Waals surface area contributed by atoms with Gasteiger partial charge in [0.1, 0.15) is 5.82 Å². The molecule has 4 rings (SSSR count). The van der Waals surface area contributed by atoms with E-state index < -0.39 is 0 Å². The highest BCUT2D eigenvalue weighted by Crippen LogP contribution is 2.26. The summed E-state index contributed by atoms with van der Waals surface area (Å²) in [5.41, 5.74) is 1.69. The van der Waals surface area contributed by atoms with Crippen molar-refractivity contribution in [1.82, 2.24) is 19.4 Å². The molecule has 5 nitrogen and oxygen atoms in total. The first-order valence-corrected chi connectivity index (χ1v) is 10.1. The number of benzene rings is 1. The van der Waals surface area contributed by atoms with E-state index in [1.807, 2.05) is 44.4 Å². The van der Waals surface area contributed by atoms with Crippen molar-refractivity contribution in [2.24, 2.45) is 0 Å². The van der Waals surface area contributed by atoms with Crippen LogP contribution in [0, 0.1) is 13.8 Å². The third-order valence-electron chi connectivity index (χ3n) is 5.26. The van der Waals surface area contributed by atoms with Crippen LogP contribution in [0.15, 0.2) is 30.6 Å². The fraction of sp³-hybridized carbons (Fsp3) is 0.450. The molecule has 26 heavy (non-hydrogen) atoms. The summed E-state index contributed by atoms with van der Waals surface area (Å²) in [5.74, 6) is 1.17. The molecule has 1 aliphatic rings. The van der Waals surface area contributed by atoms with Crippen LogP contribution in [0.5, 0.6) is 0 Å². The van der Waals surface area contributed by atoms with E-state index >= 15 is 0 Å². The maximum absolute atomic E-state index is 13.2. The number of hydrogen-bond acceptors (Lipinski definition) is 4. The van der Waals surface area contributed by atoms with Crippen molar-refractivity contribution in [1.29, 1.82) is 0 Å². The highest BCUT2D eigenvalue weighted by Gasteiger charge is 2.27. The van der Waals surface area contributed by atoms with Gasteiger partial charge >= 0.3 is 0 Å². The van der Waals surface area contributed by atoms with Crippen molar-refractivity contribution in [2.45, 2.75) is 52.1 Å². The molecule has 0 bridgehead atoms. The summed E-state index contributed by atoms with van der Waals surface area (Å²) in [6, 6.07) is 6.23. The molecule has 1 amide bonds. The molecule has 136 valence electrons. The van der Waals surface area contributed by atoms with Gasteiger partial charge in [-0.05, 0) is 57.7 Å². The molecule has 2 aromatic heterocycles. The standard InChI is InChI=1S/C20H24N4OS/c1-14-21-9-12-23(14)11-8-17-5-3-4-10-24(17)20(25)16-6-7-19-18(13-16)22-15(2)26-19/h6-7,9,12-13,17H,3-5,8,10-11H2,1-2H3/t17-/m1/s1. The lowest BCUT2D eigenvalue weighted by Crippen LogP contribution is -2.44. The van der Waals surface area contributed by atoms with E-state index in [9.17, 15) is 4.79 Å². The number of carbonyl (C=O) groups excluding carboxylic acids is 1. The lowest BCUT2D eigenvalue weighted by molar-refractivity contribution is 0.0595. The summed E-state index contributed by atoms with van der Waals surface area (Å²) in [4.78, 5) is 24.1. The molecular formula is C20H24N4OS. The van der Waals surface area contributed by atoms with Crippen molar-refractivity contribution < 1.29 is 4.79 Å². The molecule has 0 saturated carbocycles. The molecule has 1 aromatic carbocycles. The molecule has 0 N–H and O–H groups in total. The van der Waals surface area contributed by atoms with Crippen LogP contribution < -0.4 is 0 Å². The predicted molar refractivity (Wildman–Crippen MR) is 105 cm³/mol. The average Bonchev–Trinajstić information content (AvgIpc) is 3.23. The Bertz CT molecular complexity index is 929. The quantitative estimate of drug-likeness (QED) is 0.694. The fourth-order valence-corrected chi connectivity index (χ4v) is 4.65. The Balaban J connectivity index is 1.52. The molecule has 0 spiro atoms. The highest BCUT2D eigenvalue weighted by molar-refractivity contribution is 7.18. The van der Waals surface area contributed by atoms with Gasteiger partial charge in [0.15, 0.2) is 0 Å². The Morgan fingerprint density at radius 1 is 1.31 bits per heavy atom. The summed E-state index contributed by atoms with van der Waals surface area (Å²) in [6.07, 6.45) is 8.19. The van der Waals surface area contributed by atoms with Gasteiger partial charge in [-0.2, -0.15) is 0 Å². The zero-order chi connectivity index (χ0) is 18.1. The van der Waals surface area contributed by atoms with Gasteiger partial charge in [-0.25, -0.2) is 9.97 Å². The van der Waals surface area contributed by atoms with Gasteiger partial charge in [0.05, 0.1) is 15.2 Å². The van der Waals surface area contributed by atoms with Crippen LogP contribution >= 0.6 is 11.3 Å². The Kier molecular flexibility index (Phi) is 4.76. The largest absolute Gasteiger partial charge is 0.336 e. The molecule has 3 aromatic rings. The van der Waals surface area contributed by atoms with E-state index in [1.54, 1.807) is 11.3 Å². The van der Waals surface area contributed by atoms with Crippen molar-refractivity contribution >= 4 is 27.5 Å². The van der Waals surface area contributed by atoms with Crippen LogP contribution in [-0.4, -0.2) is 37.9 Å². The molecular weight excluding hydrogens is 344 g/mol. The summed E-state index contributed by atoms with van der Waals surface area (Å²) >= 11 is 1.67. The Morgan fingerprint density at radius 3 is 3.00 bits per heavy atom. The van der Waals surface area contributed by atoms with E-state index in [0.717, 1.165) is 59.0 Å². The van der Waals surface area contributed by atoms with Crippen LogP contribution in [0.25, 0.3) is 10.2 Å². The zero-order valence-corrected chi connectivity index (χ0v) is 16.1. The third kappa shape index (κ3) is 3.38.